The van der Waals surface area contributed by atoms with Crippen LogP contribution in [-0.2, 0) is 20.8 Å². The third kappa shape index (κ3) is 3.59. The minimum Gasteiger partial charge on any atom is -0.460 e. The Labute approximate surface area is 131 Å². The zero-order chi connectivity index (χ0) is 16.3. The van der Waals surface area contributed by atoms with Crippen LogP contribution in [0.2, 0.25) is 0 Å². The number of hydrogen-bond donors (Lipinski definition) is 0. The van der Waals surface area contributed by atoms with Gasteiger partial charge in [-0.05, 0) is 11.0 Å². The summed E-state index contributed by atoms with van der Waals surface area (Å²) < 4.78 is 10.3. The summed E-state index contributed by atoms with van der Waals surface area (Å²) in [5, 5.41) is 0. The Morgan fingerprint density at radius 3 is 2.45 bits per heavy atom. The van der Waals surface area contributed by atoms with E-state index >= 15 is 0 Å². The average Bonchev–Trinajstić information content (AvgIpc) is 2.87. The van der Waals surface area contributed by atoms with Crippen LogP contribution in [0.4, 0.5) is 4.79 Å². The Bertz CT molecular complexity index is 535. The average molecular weight is 305 g/mol. The fourth-order valence-corrected chi connectivity index (χ4v) is 2.55. The largest absolute Gasteiger partial charge is 0.460 e. The Balaban J connectivity index is 2.19. The van der Waals surface area contributed by atoms with E-state index in [4.69, 9.17) is 9.47 Å². The summed E-state index contributed by atoms with van der Waals surface area (Å²) in [7, 11) is 1.32. The molecule has 1 aliphatic heterocycles. The Morgan fingerprint density at radius 1 is 1.32 bits per heavy atom. The highest BCUT2D eigenvalue weighted by atomic mass is 16.6. The Morgan fingerprint density at radius 2 is 1.95 bits per heavy atom. The molecule has 5 heteroatoms. The van der Waals surface area contributed by atoms with Crippen LogP contribution in [0.1, 0.15) is 32.8 Å². The van der Waals surface area contributed by atoms with Crippen molar-refractivity contribution >= 4 is 12.1 Å². The molecule has 0 saturated carbocycles. The summed E-state index contributed by atoms with van der Waals surface area (Å²) in [6, 6.07) is 8.93. The first-order valence-corrected chi connectivity index (χ1v) is 7.42. The van der Waals surface area contributed by atoms with E-state index in [1.807, 2.05) is 51.1 Å². The van der Waals surface area contributed by atoms with Crippen molar-refractivity contribution in [1.29, 1.82) is 0 Å². The second kappa shape index (κ2) is 6.38. The van der Waals surface area contributed by atoms with Crippen molar-refractivity contribution in [3.8, 4) is 0 Å². The lowest BCUT2D eigenvalue weighted by molar-refractivity contribution is -0.148. The number of amides is 1. The van der Waals surface area contributed by atoms with Gasteiger partial charge in [-0.2, -0.15) is 0 Å². The molecule has 0 bridgehead atoms. The number of ether oxygens (including phenoxy) is 2. The van der Waals surface area contributed by atoms with Gasteiger partial charge in [0.15, 0.2) is 0 Å². The first-order valence-electron chi connectivity index (χ1n) is 7.42. The number of nitrogens with zero attached hydrogens (tertiary/aromatic N) is 1. The normalized spacial score (nSPS) is 21.4. The molecule has 22 heavy (non-hydrogen) atoms. The van der Waals surface area contributed by atoms with Gasteiger partial charge in [0.05, 0.1) is 7.11 Å². The van der Waals surface area contributed by atoms with Crippen LogP contribution < -0.4 is 0 Å². The lowest BCUT2D eigenvalue weighted by atomic mass is 9.86. The molecule has 2 unspecified atom stereocenters. The van der Waals surface area contributed by atoms with Gasteiger partial charge in [-0.25, -0.2) is 9.59 Å². The topological polar surface area (TPSA) is 55.8 Å². The predicted octanol–water partition coefficient (Wildman–Crippen LogP) is 2.99. The molecule has 1 aromatic rings. The number of hydrogen-bond acceptors (Lipinski definition) is 4. The summed E-state index contributed by atoms with van der Waals surface area (Å²) in [5.74, 6) is -0.360. The monoisotopic (exact) mass is 305 g/mol. The van der Waals surface area contributed by atoms with E-state index in [-0.39, 0.29) is 17.5 Å². The van der Waals surface area contributed by atoms with E-state index in [1.165, 1.54) is 12.0 Å². The quantitative estimate of drug-likeness (QED) is 0.806. The summed E-state index contributed by atoms with van der Waals surface area (Å²) in [5.41, 5.74) is 0.791. The van der Waals surface area contributed by atoms with E-state index in [2.05, 4.69) is 0 Å². The van der Waals surface area contributed by atoms with Gasteiger partial charge in [0, 0.05) is 13.0 Å². The van der Waals surface area contributed by atoms with E-state index in [1.54, 1.807) is 0 Å². The molecule has 2 atom stereocenters. The molecule has 0 aliphatic carbocycles. The molecular formula is C17H23NO4. The zero-order valence-electron chi connectivity index (χ0n) is 13.5. The number of carbonyl (C=O) groups is 2. The lowest BCUT2D eigenvalue weighted by Gasteiger charge is -2.27. The summed E-state index contributed by atoms with van der Waals surface area (Å²) in [6.07, 6.45) is -0.224. The zero-order valence-corrected chi connectivity index (χ0v) is 13.5. The Hall–Kier alpha value is -2.04. The maximum Gasteiger partial charge on any atom is 0.410 e. The molecule has 0 N–H and O–H groups in total. The number of benzene rings is 1. The van der Waals surface area contributed by atoms with Crippen LogP contribution in [0.3, 0.4) is 0 Å². The smallest absolute Gasteiger partial charge is 0.410 e. The fraction of sp³-hybridized carbons (Fsp3) is 0.529. The van der Waals surface area contributed by atoms with E-state index in [0.29, 0.717) is 13.0 Å². The van der Waals surface area contributed by atoms with Crippen molar-refractivity contribution in [2.24, 2.45) is 5.41 Å². The Kier molecular flexibility index (Phi) is 4.74. The van der Waals surface area contributed by atoms with Crippen LogP contribution in [0, 0.1) is 5.41 Å². The summed E-state index contributed by atoms with van der Waals surface area (Å²) in [4.78, 5) is 25.8. The SMILES string of the molecule is COC(=O)N(Cc1ccccc1)C1CC(C(C)(C)C)OC1=O. The van der Waals surface area contributed by atoms with Crippen molar-refractivity contribution in [2.45, 2.75) is 45.9 Å². The first kappa shape index (κ1) is 16.3. The predicted molar refractivity (Wildman–Crippen MR) is 82.1 cm³/mol. The van der Waals surface area contributed by atoms with E-state index < -0.39 is 12.1 Å². The second-order valence-corrected chi connectivity index (χ2v) is 6.63. The molecule has 1 fully saturated rings. The van der Waals surface area contributed by atoms with Gasteiger partial charge < -0.3 is 9.47 Å². The van der Waals surface area contributed by atoms with Gasteiger partial charge in [-0.1, -0.05) is 51.1 Å². The number of rotatable bonds is 3. The molecule has 0 aromatic heterocycles. The molecule has 2 rings (SSSR count). The fourth-order valence-electron chi connectivity index (χ4n) is 2.55. The van der Waals surface area contributed by atoms with Gasteiger partial charge in [0.2, 0.25) is 0 Å². The first-order chi connectivity index (χ1) is 10.3. The van der Waals surface area contributed by atoms with Gasteiger partial charge in [-0.3, -0.25) is 4.90 Å². The van der Waals surface area contributed by atoms with Crippen LogP contribution in [-0.4, -0.2) is 36.2 Å². The summed E-state index contributed by atoms with van der Waals surface area (Å²) >= 11 is 0. The molecule has 120 valence electrons. The molecule has 5 nitrogen and oxygen atoms in total. The van der Waals surface area contributed by atoms with Crippen LogP contribution in [0.25, 0.3) is 0 Å². The van der Waals surface area contributed by atoms with Crippen LogP contribution in [0.5, 0.6) is 0 Å². The van der Waals surface area contributed by atoms with Crippen molar-refractivity contribution in [3.05, 3.63) is 35.9 Å². The van der Waals surface area contributed by atoms with Gasteiger partial charge in [0.1, 0.15) is 12.1 Å². The third-order valence-corrected chi connectivity index (χ3v) is 3.91. The highest BCUT2D eigenvalue weighted by Crippen LogP contribution is 2.33. The maximum atomic E-state index is 12.2. The van der Waals surface area contributed by atoms with Gasteiger partial charge >= 0.3 is 12.1 Å². The molecule has 0 radical (unpaired) electrons. The molecular weight excluding hydrogens is 282 g/mol. The molecule has 1 heterocycles. The third-order valence-electron chi connectivity index (χ3n) is 3.91. The number of carbonyl (C=O) groups excluding carboxylic acids is 2. The van der Waals surface area contributed by atoms with Crippen molar-refractivity contribution in [2.75, 3.05) is 7.11 Å². The molecule has 1 aromatic carbocycles. The van der Waals surface area contributed by atoms with Crippen molar-refractivity contribution < 1.29 is 19.1 Å². The van der Waals surface area contributed by atoms with Crippen molar-refractivity contribution in [3.63, 3.8) is 0 Å². The molecule has 1 aliphatic rings. The molecule has 1 saturated heterocycles. The minimum absolute atomic E-state index is 0.154. The lowest BCUT2D eigenvalue weighted by Crippen LogP contribution is -2.42. The highest BCUT2D eigenvalue weighted by molar-refractivity contribution is 5.83. The van der Waals surface area contributed by atoms with Crippen LogP contribution >= 0.6 is 0 Å². The second-order valence-electron chi connectivity index (χ2n) is 6.63. The van der Waals surface area contributed by atoms with Crippen LogP contribution in [0.15, 0.2) is 30.3 Å². The summed E-state index contributed by atoms with van der Waals surface area (Å²) in [6.45, 7) is 6.39. The number of cyclic esters (lactones) is 1. The van der Waals surface area contributed by atoms with E-state index in [0.717, 1.165) is 5.56 Å². The number of methoxy groups -OCH3 is 1. The number of esters is 1. The van der Waals surface area contributed by atoms with E-state index in [9.17, 15) is 9.59 Å². The van der Waals surface area contributed by atoms with Crippen molar-refractivity contribution in [1.82, 2.24) is 4.90 Å². The van der Waals surface area contributed by atoms with Gasteiger partial charge in [0.25, 0.3) is 0 Å². The standard InChI is InChI=1S/C17H23NO4/c1-17(2,3)14-10-13(15(19)22-14)18(16(20)21-4)11-12-8-6-5-7-9-12/h5-9,13-14H,10-11H2,1-4H3. The maximum absolute atomic E-state index is 12.2. The molecule has 0 spiro atoms. The highest BCUT2D eigenvalue weighted by Gasteiger charge is 2.45. The minimum atomic E-state index is -0.600. The van der Waals surface area contributed by atoms with Gasteiger partial charge in [-0.15, -0.1) is 0 Å². The molecule has 1 amide bonds.